The van der Waals surface area contributed by atoms with Crippen molar-refractivity contribution in [1.29, 1.82) is 0 Å². The van der Waals surface area contributed by atoms with Gasteiger partial charge in [0.05, 0.1) is 17.8 Å². The van der Waals surface area contributed by atoms with Gasteiger partial charge in [-0.1, -0.05) is 35.9 Å². The van der Waals surface area contributed by atoms with E-state index in [1.165, 1.54) is 18.2 Å². The van der Waals surface area contributed by atoms with Crippen LogP contribution in [0.25, 0.3) is 0 Å². The second-order valence-corrected chi connectivity index (χ2v) is 8.04. The first-order chi connectivity index (χ1) is 15.9. The lowest BCUT2D eigenvalue weighted by Gasteiger charge is -2.24. The number of nitrogens with two attached hydrogens (primary N) is 1. The van der Waals surface area contributed by atoms with E-state index in [0.29, 0.717) is 6.54 Å². The topological polar surface area (TPSA) is 79.5 Å². The quantitative estimate of drug-likeness (QED) is 0.540. The predicted octanol–water partition coefficient (Wildman–Crippen LogP) is 5.08. The summed E-state index contributed by atoms with van der Waals surface area (Å²) in [5.74, 6) is -2.17. The molecule has 33 heavy (non-hydrogen) atoms. The minimum absolute atomic E-state index is 0.0716. The maximum atomic E-state index is 14.2. The van der Waals surface area contributed by atoms with Gasteiger partial charge in [0.25, 0.3) is 5.91 Å². The summed E-state index contributed by atoms with van der Waals surface area (Å²) in [5, 5.41) is -0.0716. The molecule has 0 radical (unpaired) electrons. The van der Waals surface area contributed by atoms with E-state index in [9.17, 15) is 18.4 Å². The van der Waals surface area contributed by atoms with Gasteiger partial charge in [-0.2, -0.15) is 0 Å². The van der Waals surface area contributed by atoms with Crippen LogP contribution in [0.15, 0.2) is 54.6 Å². The Morgan fingerprint density at radius 2 is 1.76 bits per heavy atom. The van der Waals surface area contributed by atoms with E-state index in [0.717, 1.165) is 47.5 Å². The number of aromatic nitrogens is 1. The molecule has 2 heterocycles. The normalized spacial score (nSPS) is 13.2. The van der Waals surface area contributed by atoms with Crippen molar-refractivity contribution in [3.63, 3.8) is 0 Å². The number of carbonyl (C=O) groups is 2. The third kappa shape index (κ3) is 4.66. The Kier molecular flexibility index (Phi) is 6.55. The number of benzene rings is 2. The fourth-order valence-corrected chi connectivity index (χ4v) is 4.20. The third-order valence-corrected chi connectivity index (χ3v) is 5.82. The average molecular weight is 471 g/mol. The highest BCUT2D eigenvalue weighted by molar-refractivity contribution is 6.33. The van der Waals surface area contributed by atoms with Crippen LogP contribution in [0.3, 0.4) is 0 Å². The van der Waals surface area contributed by atoms with Crippen LogP contribution in [0.5, 0.6) is 0 Å². The number of amides is 3. The van der Waals surface area contributed by atoms with Crippen molar-refractivity contribution in [2.45, 2.75) is 25.8 Å². The predicted molar refractivity (Wildman–Crippen MR) is 122 cm³/mol. The molecule has 3 aromatic rings. The van der Waals surface area contributed by atoms with Crippen molar-refractivity contribution in [3.8, 4) is 0 Å². The SMILES string of the molecule is NC(=O)N(Cc1ccc(C(=O)N2CCCCc3ccccc32)c(Cl)n1)c1c(F)cccc1F. The molecule has 0 spiro atoms. The molecule has 0 atom stereocenters. The molecule has 4 rings (SSSR count). The monoisotopic (exact) mass is 470 g/mol. The van der Waals surface area contributed by atoms with Crippen LogP contribution >= 0.6 is 11.6 Å². The fraction of sp³-hybridized carbons (Fsp3) is 0.208. The minimum Gasteiger partial charge on any atom is -0.351 e. The number of pyridine rings is 1. The number of fused-ring (bicyclic) bond motifs is 1. The summed E-state index contributed by atoms with van der Waals surface area (Å²) in [7, 11) is 0. The molecule has 0 unspecified atom stereocenters. The zero-order chi connectivity index (χ0) is 23.5. The summed E-state index contributed by atoms with van der Waals surface area (Å²) in [6.07, 6.45) is 2.72. The van der Waals surface area contributed by atoms with E-state index < -0.39 is 23.4 Å². The second-order valence-electron chi connectivity index (χ2n) is 7.68. The number of aryl methyl sites for hydroxylation is 1. The van der Waals surface area contributed by atoms with Crippen LogP contribution in [-0.4, -0.2) is 23.5 Å². The van der Waals surface area contributed by atoms with Crippen LogP contribution in [0.1, 0.15) is 34.5 Å². The Hall–Kier alpha value is -3.52. The summed E-state index contributed by atoms with van der Waals surface area (Å²) in [6.45, 7) is 0.226. The molecule has 9 heteroatoms. The lowest BCUT2D eigenvalue weighted by atomic mass is 10.1. The number of nitrogens with zero attached hydrogens (tertiary/aromatic N) is 3. The molecule has 1 aliphatic rings. The van der Waals surface area contributed by atoms with E-state index in [4.69, 9.17) is 17.3 Å². The molecule has 2 N–H and O–H groups in total. The summed E-state index contributed by atoms with van der Waals surface area (Å²) in [5.41, 5.74) is 7.13. The number of para-hydroxylation sites is 2. The number of anilines is 2. The summed E-state index contributed by atoms with van der Waals surface area (Å²) >= 11 is 6.34. The Balaban J connectivity index is 1.62. The highest BCUT2D eigenvalue weighted by Crippen LogP contribution is 2.29. The number of halogens is 3. The maximum Gasteiger partial charge on any atom is 0.319 e. The highest BCUT2D eigenvalue weighted by Gasteiger charge is 2.26. The van der Waals surface area contributed by atoms with Gasteiger partial charge in [0.1, 0.15) is 22.5 Å². The van der Waals surface area contributed by atoms with Crippen molar-refractivity contribution in [2.24, 2.45) is 5.73 Å². The molecule has 0 saturated carbocycles. The number of hydrogen-bond acceptors (Lipinski definition) is 3. The zero-order valence-corrected chi connectivity index (χ0v) is 18.4. The number of carbonyl (C=O) groups excluding carboxylic acids is 2. The van der Waals surface area contributed by atoms with Gasteiger partial charge in [0.2, 0.25) is 0 Å². The van der Waals surface area contributed by atoms with Crippen LogP contribution in [-0.2, 0) is 13.0 Å². The van der Waals surface area contributed by atoms with Crippen molar-refractivity contribution < 1.29 is 18.4 Å². The molecule has 3 amide bonds. The molecular weight excluding hydrogens is 450 g/mol. The van der Waals surface area contributed by atoms with E-state index in [1.807, 2.05) is 24.3 Å². The van der Waals surface area contributed by atoms with Crippen molar-refractivity contribution in [2.75, 3.05) is 16.3 Å². The number of primary amides is 1. The number of rotatable bonds is 4. The second kappa shape index (κ2) is 9.54. The zero-order valence-electron chi connectivity index (χ0n) is 17.6. The molecule has 170 valence electrons. The summed E-state index contributed by atoms with van der Waals surface area (Å²) < 4.78 is 28.4. The lowest BCUT2D eigenvalue weighted by molar-refractivity contribution is 0.0986. The average Bonchev–Trinajstić information content (AvgIpc) is 3.00. The first-order valence-corrected chi connectivity index (χ1v) is 10.8. The Morgan fingerprint density at radius 1 is 1.03 bits per heavy atom. The van der Waals surface area contributed by atoms with Gasteiger partial charge in [-0.15, -0.1) is 0 Å². The first kappa shape index (κ1) is 22.7. The Labute approximate surface area is 194 Å². The van der Waals surface area contributed by atoms with Gasteiger partial charge in [-0.3, -0.25) is 9.69 Å². The fourth-order valence-electron chi connectivity index (χ4n) is 3.94. The van der Waals surface area contributed by atoms with Crippen molar-refractivity contribution in [3.05, 3.63) is 88.2 Å². The Bertz CT molecular complexity index is 1200. The first-order valence-electron chi connectivity index (χ1n) is 10.4. The molecule has 1 aliphatic heterocycles. The van der Waals surface area contributed by atoms with Gasteiger partial charge >= 0.3 is 6.03 Å². The van der Waals surface area contributed by atoms with E-state index in [1.54, 1.807) is 4.90 Å². The number of hydrogen-bond donors (Lipinski definition) is 1. The van der Waals surface area contributed by atoms with Crippen LogP contribution in [0.4, 0.5) is 25.0 Å². The van der Waals surface area contributed by atoms with Crippen molar-refractivity contribution >= 4 is 34.9 Å². The number of urea groups is 1. The highest BCUT2D eigenvalue weighted by atomic mass is 35.5. The van der Waals surface area contributed by atoms with E-state index in [2.05, 4.69) is 4.98 Å². The molecule has 2 aromatic carbocycles. The van der Waals surface area contributed by atoms with Gasteiger partial charge < -0.3 is 10.6 Å². The molecule has 6 nitrogen and oxygen atoms in total. The molecule has 0 fully saturated rings. The van der Waals surface area contributed by atoms with Crippen LogP contribution in [0, 0.1) is 11.6 Å². The largest absolute Gasteiger partial charge is 0.351 e. The summed E-state index contributed by atoms with van der Waals surface area (Å²) in [6, 6.07) is 12.9. The van der Waals surface area contributed by atoms with E-state index >= 15 is 0 Å². The third-order valence-electron chi connectivity index (χ3n) is 5.54. The summed E-state index contributed by atoms with van der Waals surface area (Å²) in [4.78, 5) is 31.8. The molecule has 0 bridgehead atoms. The van der Waals surface area contributed by atoms with Gasteiger partial charge in [-0.25, -0.2) is 18.6 Å². The molecule has 1 aromatic heterocycles. The van der Waals surface area contributed by atoms with Gasteiger partial charge in [0, 0.05) is 12.2 Å². The van der Waals surface area contributed by atoms with Gasteiger partial charge in [0.15, 0.2) is 0 Å². The molecular formula is C24H21ClF2N4O2. The maximum absolute atomic E-state index is 14.2. The standard InChI is InChI=1S/C24H21ClF2N4O2/c25-22-17(23(32)30-13-4-3-7-15-6-1-2-10-20(15)30)12-11-16(29-22)14-31(24(28)33)21-18(26)8-5-9-19(21)27/h1-2,5-6,8-12H,3-4,7,13-14H2,(H2,28,33). The van der Waals surface area contributed by atoms with Crippen LogP contribution < -0.4 is 15.5 Å². The van der Waals surface area contributed by atoms with Crippen LogP contribution in [0.2, 0.25) is 5.15 Å². The molecule has 0 saturated heterocycles. The lowest BCUT2D eigenvalue weighted by Crippen LogP contribution is -2.37. The minimum atomic E-state index is -1.06. The van der Waals surface area contributed by atoms with Crippen molar-refractivity contribution in [1.82, 2.24) is 4.98 Å². The smallest absolute Gasteiger partial charge is 0.319 e. The van der Waals surface area contributed by atoms with Gasteiger partial charge in [-0.05, 0) is 55.2 Å². The molecule has 0 aliphatic carbocycles. The van der Waals surface area contributed by atoms with E-state index in [-0.39, 0.29) is 28.9 Å². The Morgan fingerprint density at radius 3 is 2.45 bits per heavy atom.